The molecule has 4 rings (SSSR count). The van der Waals surface area contributed by atoms with Crippen LogP contribution in [0.5, 0.6) is 0 Å². The van der Waals surface area contributed by atoms with Crippen LogP contribution >= 0.6 is 0 Å². The van der Waals surface area contributed by atoms with Gasteiger partial charge in [0.05, 0.1) is 0 Å². The number of nitrogens with zero attached hydrogens (tertiary/aromatic N) is 2. The summed E-state index contributed by atoms with van der Waals surface area (Å²) in [6, 6.07) is 22.6. The van der Waals surface area contributed by atoms with E-state index in [1.807, 2.05) is 74.5 Å². The van der Waals surface area contributed by atoms with Crippen molar-refractivity contribution in [2.75, 3.05) is 18.4 Å². The van der Waals surface area contributed by atoms with E-state index in [4.69, 9.17) is 0 Å². The van der Waals surface area contributed by atoms with Crippen LogP contribution in [0, 0.1) is 13.8 Å². The summed E-state index contributed by atoms with van der Waals surface area (Å²) < 4.78 is 0. The van der Waals surface area contributed by atoms with Gasteiger partial charge in [-0.05, 0) is 54.3 Å². The molecule has 0 aliphatic carbocycles. The van der Waals surface area contributed by atoms with Crippen LogP contribution in [0.1, 0.15) is 32.6 Å². The molecule has 3 aromatic rings. The smallest absolute Gasteiger partial charge is 0.312 e. The molecule has 1 N–H and O–H groups in total. The molecule has 168 valence electrons. The minimum absolute atomic E-state index is 0.184. The number of benzene rings is 3. The molecule has 1 heterocycles. The Bertz CT molecular complexity index is 1170. The molecule has 0 unspecified atom stereocenters. The Morgan fingerprint density at radius 1 is 0.758 bits per heavy atom. The summed E-state index contributed by atoms with van der Waals surface area (Å²) in [5, 5.41) is 2.95. The average Bonchev–Trinajstić information content (AvgIpc) is 2.83. The number of rotatable bonds is 6. The summed E-state index contributed by atoms with van der Waals surface area (Å²) >= 11 is 0. The average molecular weight is 442 g/mol. The number of carbonyl (C=O) groups is 3. The van der Waals surface area contributed by atoms with Gasteiger partial charge in [0, 0.05) is 37.4 Å². The third-order valence-electron chi connectivity index (χ3n) is 6.06. The van der Waals surface area contributed by atoms with E-state index in [1.54, 1.807) is 21.9 Å². The zero-order valence-corrected chi connectivity index (χ0v) is 18.9. The molecular formula is C27H27N3O3. The van der Waals surface area contributed by atoms with Gasteiger partial charge in [0.1, 0.15) is 0 Å². The maximum absolute atomic E-state index is 12.6. The number of nitrogens with one attached hydrogen (secondary N) is 1. The highest BCUT2D eigenvalue weighted by Gasteiger charge is 2.32. The van der Waals surface area contributed by atoms with Crippen LogP contribution in [0.15, 0.2) is 72.8 Å². The van der Waals surface area contributed by atoms with Gasteiger partial charge in [0.15, 0.2) is 0 Å². The van der Waals surface area contributed by atoms with E-state index in [1.165, 1.54) is 0 Å². The van der Waals surface area contributed by atoms with Crippen molar-refractivity contribution in [2.45, 2.75) is 26.9 Å². The fourth-order valence-electron chi connectivity index (χ4n) is 3.88. The predicted molar refractivity (Wildman–Crippen MR) is 128 cm³/mol. The largest absolute Gasteiger partial charge is 0.328 e. The van der Waals surface area contributed by atoms with Gasteiger partial charge in [-0.15, -0.1) is 0 Å². The van der Waals surface area contributed by atoms with Crippen molar-refractivity contribution in [3.05, 3.63) is 101 Å². The number of amides is 3. The second-order valence-electron chi connectivity index (χ2n) is 8.34. The van der Waals surface area contributed by atoms with Crippen molar-refractivity contribution in [1.82, 2.24) is 9.80 Å². The van der Waals surface area contributed by atoms with Crippen LogP contribution in [0.3, 0.4) is 0 Å². The molecule has 1 saturated heterocycles. The summed E-state index contributed by atoms with van der Waals surface area (Å²) in [5.41, 5.74) is 5.36. The minimum Gasteiger partial charge on any atom is -0.328 e. The first-order valence-electron chi connectivity index (χ1n) is 11.0. The highest BCUT2D eigenvalue weighted by Crippen LogP contribution is 2.19. The van der Waals surface area contributed by atoms with E-state index in [-0.39, 0.29) is 5.91 Å². The van der Waals surface area contributed by atoms with Crippen LogP contribution in [0.25, 0.3) is 0 Å². The lowest BCUT2D eigenvalue weighted by Crippen LogP contribution is -2.53. The Hall–Kier alpha value is -3.93. The molecule has 0 aromatic heterocycles. The van der Waals surface area contributed by atoms with Gasteiger partial charge in [-0.25, -0.2) is 0 Å². The molecule has 6 nitrogen and oxygen atoms in total. The van der Waals surface area contributed by atoms with Crippen LogP contribution in [0.4, 0.5) is 5.69 Å². The van der Waals surface area contributed by atoms with E-state index < -0.39 is 11.8 Å². The van der Waals surface area contributed by atoms with Crippen molar-refractivity contribution in [2.24, 2.45) is 0 Å². The lowest BCUT2D eigenvalue weighted by atomic mass is 10.1. The van der Waals surface area contributed by atoms with Crippen molar-refractivity contribution in [1.29, 1.82) is 0 Å². The van der Waals surface area contributed by atoms with Crippen molar-refractivity contribution in [3.8, 4) is 0 Å². The molecule has 0 atom stereocenters. The summed E-state index contributed by atoms with van der Waals surface area (Å²) in [4.78, 5) is 41.0. The molecule has 1 aliphatic rings. The van der Waals surface area contributed by atoms with Gasteiger partial charge in [0.2, 0.25) is 0 Å². The Labute approximate surface area is 193 Å². The van der Waals surface area contributed by atoms with Crippen LogP contribution in [-0.2, 0) is 22.7 Å². The summed E-state index contributed by atoms with van der Waals surface area (Å²) in [6.45, 7) is 5.73. The van der Waals surface area contributed by atoms with Crippen molar-refractivity contribution in [3.63, 3.8) is 0 Å². The number of aryl methyl sites for hydroxylation is 1. The molecule has 0 spiro atoms. The molecule has 33 heavy (non-hydrogen) atoms. The fourth-order valence-corrected chi connectivity index (χ4v) is 3.88. The molecule has 1 fully saturated rings. The zero-order chi connectivity index (χ0) is 23.4. The lowest BCUT2D eigenvalue weighted by molar-refractivity contribution is -0.156. The Morgan fingerprint density at radius 2 is 1.33 bits per heavy atom. The van der Waals surface area contributed by atoms with Gasteiger partial charge in [-0.2, -0.15) is 0 Å². The van der Waals surface area contributed by atoms with E-state index in [9.17, 15) is 14.4 Å². The van der Waals surface area contributed by atoms with E-state index in [2.05, 4.69) is 5.32 Å². The van der Waals surface area contributed by atoms with Crippen molar-refractivity contribution >= 4 is 23.4 Å². The second-order valence-corrected chi connectivity index (χ2v) is 8.34. The summed E-state index contributed by atoms with van der Waals surface area (Å²) in [7, 11) is 0. The third-order valence-corrected chi connectivity index (χ3v) is 6.06. The first-order chi connectivity index (χ1) is 15.9. The van der Waals surface area contributed by atoms with E-state index >= 15 is 0 Å². The van der Waals surface area contributed by atoms with Gasteiger partial charge >= 0.3 is 11.8 Å². The minimum atomic E-state index is -0.492. The number of anilines is 1. The Balaban J connectivity index is 1.36. The zero-order valence-electron chi connectivity index (χ0n) is 18.9. The molecule has 6 heteroatoms. The van der Waals surface area contributed by atoms with E-state index in [0.717, 1.165) is 27.9 Å². The van der Waals surface area contributed by atoms with E-state index in [0.29, 0.717) is 31.7 Å². The molecule has 3 amide bonds. The fraction of sp³-hybridized carbons (Fsp3) is 0.222. The highest BCUT2D eigenvalue weighted by atomic mass is 16.2. The summed E-state index contributed by atoms with van der Waals surface area (Å²) in [6.07, 6.45) is 0. The number of carbonyl (C=O) groups excluding carboxylic acids is 3. The number of hydrogen-bond acceptors (Lipinski definition) is 3. The standard InChI is InChI=1S/C27H27N3O3/c1-19-7-6-10-24(20(19)2)28-25(31)23-13-11-22(12-14-23)18-30-16-15-29(26(32)27(30)33)17-21-8-4-3-5-9-21/h3-14H,15-18H2,1-2H3,(H,28,31). The quantitative estimate of drug-likeness (QED) is 0.590. The van der Waals surface area contributed by atoms with Gasteiger partial charge in [-0.3, -0.25) is 14.4 Å². The number of piperazine rings is 1. The Kier molecular flexibility index (Phi) is 6.54. The monoisotopic (exact) mass is 441 g/mol. The first kappa shape index (κ1) is 22.3. The van der Waals surface area contributed by atoms with Crippen molar-refractivity contribution < 1.29 is 14.4 Å². The third kappa shape index (κ3) is 5.12. The topological polar surface area (TPSA) is 69.7 Å². The van der Waals surface area contributed by atoms with Gasteiger partial charge in [-0.1, -0.05) is 54.6 Å². The maximum Gasteiger partial charge on any atom is 0.312 e. The molecule has 1 aliphatic heterocycles. The molecule has 0 bridgehead atoms. The summed E-state index contributed by atoms with van der Waals surface area (Å²) in [5.74, 6) is -1.15. The van der Waals surface area contributed by atoms with Gasteiger partial charge in [0.25, 0.3) is 5.91 Å². The predicted octanol–water partition coefficient (Wildman–Crippen LogP) is 3.93. The lowest BCUT2D eigenvalue weighted by Gasteiger charge is -2.33. The normalized spacial score (nSPS) is 13.9. The number of hydrogen-bond donors (Lipinski definition) is 1. The van der Waals surface area contributed by atoms with Crippen LogP contribution in [0.2, 0.25) is 0 Å². The van der Waals surface area contributed by atoms with Crippen LogP contribution < -0.4 is 5.32 Å². The van der Waals surface area contributed by atoms with Crippen LogP contribution in [-0.4, -0.2) is 40.6 Å². The first-order valence-corrected chi connectivity index (χ1v) is 11.0. The SMILES string of the molecule is Cc1cccc(NC(=O)c2ccc(CN3CCN(Cc4ccccc4)C(=O)C3=O)cc2)c1C. The maximum atomic E-state index is 12.6. The van der Waals surface area contributed by atoms with Gasteiger partial charge < -0.3 is 15.1 Å². The molecular weight excluding hydrogens is 414 g/mol. The molecule has 0 radical (unpaired) electrons. The second kappa shape index (κ2) is 9.69. The molecule has 0 saturated carbocycles. The highest BCUT2D eigenvalue weighted by molar-refractivity contribution is 6.35. The Morgan fingerprint density at radius 3 is 1.94 bits per heavy atom. The molecule has 3 aromatic carbocycles.